The third-order valence-electron chi connectivity index (χ3n) is 10.4. The molecule has 0 aliphatic heterocycles. The van der Waals surface area contributed by atoms with E-state index in [1.54, 1.807) is 33.8 Å². The number of benzene rings is 2. The summed E-state index contributed by atoms with van der Waals surface area (Å²) in [5, 5.41) is 46.3. The highest BCUT2D eigenvalue weighted by Crippen LogP contribution is 2.65. The Morgan fingerprint density at radius 2 is 1.64 bits per heavy atom. The fraction of sp³-hybridized carbons (Fsp3) is 0.459. The highest BCUT2D eigenvalue weighted by atomic mass is 16.3. The summed E-state index contributed by atoms with van der Waals surface area (Å²) in [4.78, 5) is 53.1. The molecule has 1 unspecified atom stereocenters. The van der Waals surface area contributed by atoms with Crippen LogP contribution in [0.3, 0.4) is 0 Å². The molecule has 0 heterocycles. The van der Waals surface area contributed by atoms with Gasteiger partial charge in [-0.2, -0.15) is 0 Å². The van der Waals surface area contributed by atoms with Gasteiger partial charge < -0.3 is 20.4 Å². The Morgan fingerprint density at radius 1 is 1.00 bits per heavy atom. The van der Waals surface area contributed by atoms with E-state index in [0.29, 0.717) is 18.4 Å². The van der Waals surface area contributed by atoms with Crippen LogP contribution in [0.4, 0.5) is 0 Å². The van der Waals surface area contributed by atoms with Crippen LogP contribution in [-0.2, 0) is 32.0 Å². The van der Waals surface area contributed by atoms with Gasteiger partial charge in [0.15, 0.2) is 17.2 Å². The maximum atomic E-state index is 14.5. The Hall–Kier alpha value is -4.04. The van der Waals surface area contributed by atoms with E-state index in [4.69, 9.17) is 0 Å². The molecule has 0 bridgehead atoms. The average molecular weight is 615 g/mol. The summed E-state index contributed by atoms with van der Waals surface area (Å²) in [6, 6.07) is 10.7. The molecule has 1 fully saturated rings. The second-order valence-electron chi connectivity index (χ2n) is 14.0. The molecule has 0 radical (unpaired) electrons. The monoisotopic (exact) mass is 614 g/mol. The zero-order valence-electron chi connectivity index (χ0n) is 26.8. The zero-order valence-corrected chi connectivity index (χ0v) is 26.8. The van der Waals surface area contributed by atoms with E-state index in [-0.39, 0.29) is 35.5 Å². The number of carbonyl (C=O) groups is 4. The lowest BCUT2D eigenvalue weighted by Gasteiger charge is -2.59. The predicted molar refractivity (Wildman–Crippen MR) is 169 cm³/mol. The van der Waals surface area contributed by atoms with Gasteiger partial charge in [0.25, 0.3) is 0 Å². The lowest BCUT2D eigenvalue weighted by molar-refractivity contribution is -0.178. The van der Waals surface area contributed by atoms with E-state index in [1.165, 1.54) is 6.07 Å². The van der Waals surface area contributed by atoms with E-state index in [9.17, 15) is 39.6 Å². The van der Waals surface area contributed by atoms with Crippen LogP contribution in [0.2, 0.25) is 0 Å². The molecular formula is C37H42O8. The molecule has 3 aliphatic carbocycles. The Morgan fingerprint density at radius 3 is 2.22 bits per heavy atom. The number of phenolic OH excluding ortho intramolecular Hbond substituents is 1. The number of aromatic hydroxyl groups is 1. The van der Waals surface area contributed by atoms with Crippen LogP contribution in [0.25, 0.3) is 16.9 Å². The quantitative estimate of drug-likeness (QED) is 0.258. The second kappa shape index (κ2) is 11.1. The van der Waals surface area contributed by atoms with Gasteiger partial charge in [-0.05, 0) is 60.4 Å². The van der Waals surface area contributed by atoms with E-state index in [1.807, 2.05) is 31.2 Å². The van der Waals surface area contributed by atoms with Gasteiger partial charge in [-0.1, -0.05) is 71.4 Å². The molecule has 45 heavy (non-hydrogen) atoms. The van der Waals surface area contributed by atoms with Gasteiger partial charge in [-0.15, -0.1) is 0 Å². The van der Waals surface area contributed by atoms with Gasteiger partial charge in [-0.3, -0.25) is 19.2 Å². The Kier molecular flexibility index (Phi) is 7.97. The van der Waals surface area contributed by atoms with Crippen LogP contribution in [0.15, 0.2) is 53.3 Å². The first-order chi connectivity index (χ1) is 21.0. The molecule has 8 heteroatoms. The van der Waals surface area contributed by atoms with E-state index in [2.05, 4.69) is 0 Å². The smallest absolute Gasteiger partial charge is 0.203 e. The number of hydrogen-bond donors (Lipinski definition) is 4. The summed E-state index contributed by atoms with van der Waals surface area (Å²) < 4.78 is 0. The van der Waals surface area contributed by atoms with Crippen LogP contribution >= 0.6 is 0 Å². The van der Waals surface area contributed by atoms with Crippen molar-refractivity contribution in [1.29, 1.82) is 0 Å². The Bertz CT molecular complexity index is 1690. The van der Waals surface area contributed by atoms with Crippen molar-refractivity contribution in [2.45, 2.75) is 85.7 Å². The maximum Gasteiger partial charge on any atom is 0.203 e. The molecule has 0 spiro atoms. The second-order valence-corrected chi connectivity index (χ2v) is 14.0. The minimum Gasteiger partial charge on any atom is -0.508 e. The van der Waals surface area contributed by atoms with Crippen LogP contribution in [0.1, 0.15) is 83.9 Å². The molecule has 0 saturated heterocycles. The molecule has 238 valence electrons. The minimum atomic E-state index is -2.64. The van der Waals surface area contributed by atoms with Crippen LogP contribution in [0, 0.1) is 22.7 Å². The Balaban J connectivity index is 1.67. The Labute approximate surface area is 263 Å². The summed E-state index contributed by atoms with van der Waals surface area (Å²) in [5.74, 6) is -5.29. The van der Waals surface area contributed by atoms with E-state index < -0.39 is 62.7 Å². The van der Waals surface area contributed by atoms with Crippen LogP contribution in [0.5, 0.6) is 5.75 Å². The van der Waals surface area contributed by atoms with Crippen molar-refractivity contribution in [2.24, 2.45) is 22.7 Å². The fourth-order valence-electron chi connectivity index (χ4n) is 8.48. The van der Waals surface area contributed by atoms with Crippen molar-refractivity contribution in [2.75, 3.05) is 0 Å². The number of aliphatic hydroxyl groups excluding tert-OH is 2. The van der Waals surface area contributed by atoms with Crippen molar-refractivity contribution >= 4 is 28.9 Å². The third kappa shape index (κ3) is 4.68. The molecule has 4 N–H and O–H groups in total. The number of fused-ring (bicyclic) bond motifs is 3. The predicted octanol–water partition coefficient (Wildman–Crippen LogP) is 6.16. The average Bonchev–Trinajstić information content (AvgIpc) is 2.94. The molecule has 2 aromatic rings. The fourth-order valence-corrected chi connectivity index (χ4v) is 8.48. The molecule has 3 aliphatic rings. The lowest BCUT2D eigenvalue weighted by Crippen LogP contribution is -2.69. The number of aliphatic hydroxyl groups is 3. The molecule has 5 rings (SSSR count). The van der Waals surface area contributed by atoms with Crippen molar-refractivity contribution < 1.29 is 39.6 Å². The van der Waals surface area contributed by atoms with Gasteiger partial charge in [-0.25, -0.2) is 0 Å². The highest BCUT2D eigenvalue weighted by molar-refractivity contribution is 6.24. The minimum absolute atomic E-state index is 0.0266. The third-order valence-corrected chi connectivity index (χ3v) is 10.4. The van der Waals surface area contributed by atoms with Crippen LogP contribution < -0.4 is 0 Å². The van der Waals surface area contributed by atoms with Crippen molar-refractivity contribution in [3.63, 3.8) is 0 Å². The number of carbonyl (C=O) groups excluding carboxylic acids is 4. The van der Waals surface area contributed by atoms with E-state index >= 15 is 0 Å². The molecule has 8 nitrogen and oxygen atoms in total. The first kappa shape index (κ1) is 32.4. The normalized spacial score (nSPS) is 27.8. The number of allylic oxidation sites excluding steroid dienone is 1. The van der Waals surface area contributed by atoms with Crippen LogP contribution in [-0.4, -0.2) is 49.2 Å². The van der Waals surface area contributed by atoms with Gasteiger partial charge in [0, 0.05) is 35.2 Å². The molecular weight excluding hydrogens is 572 g/mol. The topological polar surface area (TPSA) is 149 Å². The largest absolute Gasteiger partial charge is 0.508 e. The molecule has 4 atom stereocenters. The number of rotatable bonds is 8. The zero-order chi connectivity index (χ0) is 33.2. The SMILES string of the molecule is CCCCC(=O)Cc1ccc(-c2ccc(O)c3c2C[C@]2(C)C[C@]4(C)C(C(C)C)C(=O)C(C(C)=O)=C(O)[C@]4(O)C(=O)C2=C3O)cc1. The lowest BCUT2D eigenvalue weighted by atomic mass is 9.43. The highest BCUT2D eigenvalue weighted by Gasteiger charge is 2.72. The van der Waals surface area contributed by atoms with Crippen molar-refractivity contribution in [1.82, 2.24) is 0 Å². The summed E-state index contributed by atoms with van der Waals surface area (Å²) in [6.07, 6.45) is 2.89. The maximum absolute atomic E-state index is 14.5. The first-order valence-corrected chi connectivity index (χ1v) is 15.7. The number of unbranched alkanes of at least 4 members (excludes halogenated alkanes) is 1. The summed E-state index contributed by atoms with van der Waals surface area (Å²) in [7, 11) is 0. The number of hydrogen-bond acceptors (Lipinski definition) is 8. The summed E-state index contributed by atoms with van der Waals surface area (Å²) in [5.41, 5.74) is -2.97. The number of Topliss-reactive ketones (excluding diaryl/α,β-unsaturated/α-hetero) is 4. The van der Waals surface area contributed by atoms with E-state index in [0.717, 1.165) is 36.5 Å². The standard InChI is InChI=1S/C37H42O8/c1-7-8-9-23(39)16-21-10-12-22(13-11-21)24-14-15-26(40)28-25(24)17-35(5)18-36(6)29(19(2)3)31(41)27(20(4)38)33(43)37(36,45)34(44)30(35)32(28)42/h10-15,19,29,40,42-43,45H,7-9,16-18H2,1-6H3/t29?,35-,36-,37+/m1/s1. The summed E-state index contributed by atoms with van der Waals surface area (Å²) >= 11 is 0. The molecule has 2 aromatic carbocycles. The van der Waals surface area contributed by atoms with Crippen molar-refractivity contribution in [3.8, 4) is 16.9 Å². The van der Waals surface area contributed by atoms with Crippen molar-refractivity contribution in [3.05, 3.63) is 70.0 Å². The van der Waals surface area contributed by atoms with Gasteiger partial charge >= 0.3 is 0 Å². The summed E-state index contributed by atoms with van der Waals surface area (Å²) in [6.45, 7) is 10.1. The number of phenols is 1. The van der Waals surface area contributed by atoms with Gasteiger partial charge in [0.1, 0.15) is 28.6 Å². The molecule has 1 saturated carbocycles. The molecule has 0 aromatic heterocycles. The number of ketones is 4. The molecule has 0 amide bonds. The van der Waals surface area contributed by atoms with Gasteiger partial charge in [0.05, 0.1) is 5.56 Å². The first-order valence-electron chi connectivity index (χ1n) is 15.7. The van der Waals surface area contributed by atoms with Gasteiger partial charge in [0.2, 0.25) is 5.78 Å².